The predicted octanol–water partition coefficient (Wildman–Crippen LogP) is 4.55. The Labute approximate surface area is 118 Å². The van der Waals surface area contributed by atoms with E-state index in [0.29, 0.717) is 11.0 Å². The molecule has 0 aliphatic heterocycles. The van der Waals surface area contributed by atoms with Crippen LogP contribution in [0, 0.1) is 5.92 Å². The number of anilines is 1. The third-order valence-electron chi connectivity index (χ3n) is 2.03. The number of allylic oxidation sites excluding steroid dienone is 1. The van der Waals surface area contributed by atoms with Crippen LogP contribution in [0.5, 0.6) is 0 Å². The molecule has 1 aromatic rings. The van der Waals surface area contributed by atoms with Crippen LogP contribution in [0.2, 0.25) is 0 Å². The van der Waals surface area contributed by atoms with E-state index >= 15 is 0 Å². The zero-order valence-corrected chi connectivity index (χ0v) is 13.0. The zero-order valence-electron chi connectivity index (χ0n) is 12.2. The maximum atomic E-state index is 11.6. The molecule has 0 unspecified atom stereocenters. The van der Waals surface area contributed by atoms with Gasteiger partial charge in [0.2, 0.25) is 0 Å². The Morgan fingerprint density at radius 3 is 2.79 bits per heavy atom. The van der Waals surface area contributed by atoms with E-state index in [9.17, 15) is 4.79 Å². The van der Waals surface area contributed by atoms with Gasteiger partial charge in [0.25, 0.3) is 0 Å². The van der Waals surface area contributed by atoms with Gasteiger partial charge < -0.3 is 4.74 Å². The Kier molecular flexibility index (Phi) is 5.54. The maximum Gasteiger partial charge on any atom is 0.413 e. The molecule has 0 saturated carbocycles. The Hall–Kier alpha value is -1.36. The fraction of sp³-hybridized carbons (Fsp3) is 0.571. The average Bonchev–Trinajstić information content (AvgIpc) is 2.61. The number of aromatic nitrogens is 1. The number of rotatable bonds is 4. The first-order chi connectivity index (χ1) is 8.76. The van der Waals surface area contributed by atoms with Gasteiger partial charge in [-0.1, -0.05) is 19.9 Å². The lowest BCUT2D eigenvalue weighted by Crippen LogP contribution is -2.27. The Morgan fingerprint density at radius 1 is 1.53 bits per heavy atom. The van der Waals surface area contributed by atoms with Crippen molar-refractivity contribution in [2.45, 2.75) is 46.6 Å². The van der Waals surface area contributed by atoms with E-state index in [-0.39, 0.29) is 0 Å². The zero-order chi connectivity index (χ0) is 14.5. The molecule has 1 N–H and O–H groups in total. The molecule has 1 rings (SSSR count). The summed E-state index contributed by atoms with van der Waals surface area (Å²) in [4.78, 5) is 15.9. The van der Waals surface area contributed by atoms with E-state index in [1.54, 1.807) is 0 Å². The molecule has 106 valence electrons. The van der Waals surface area contributed by atoms with E-state index in [4.69, 9.17) is 4.74 Å². The highest BCUT2D eigenvalue weighted by Gasteiger charge is 2.16. The number of nitrogens with one attached hydrogen (secondary N) is 1. The third-order valence-corrected chi connectivity index (χ3v) is 2.80. The van der Waals surface area contributed by atoms with Crippen molar-refractivity contribution in [3.05, 3.63) is 17.2 Å². The molecule has 5 heteroatoms. The van der Waals surface area contributed by atoms with Crippen LogP contribution < -0.4 is 5.32 Å². The number of carbonyl (C=O) groups excluding carboxylic acids is 1. The first-order valence-corrected chi connectivity index (χ1v) is 7.26. The molecule has 0 spiro atoms. The second-order valence-electron chi connectivity index (χ2n) is 5.74. The quantitative estimate of drug-likeness (QED) is 0.881. The van der Waals surface area contributed by atoms with Crippen LogP contribution in [-0.2, 0) is 4.74 Å². The minimum atomic E-state index is -0.499. The fourth-order valence-electron chi connectivity index (χ4n) is 1.27. The van der Waals surface area contributed by atoms with Gasteiger partial charge >= 0.3 is 6.09 Å². The SMILES string of the molecule is CC(C)C/C=C\c1csc(NC(=O)OC(C)(C)C)n1. The molecule has 0 radical (unpaired) electrons. The molecule has 0 aromatic carbocycles. The summed E-state index contributed by atoms with van der Waals surface area (Å²) in [5.74, 6) is 0.634. The molecular weight excluding hydrogens is 260 g/mol. The minimum absolute atomic E-state index is 0.473. The number of thiazole rings is 1. The number of hydrogen-bond acceptors (Lipinski definition) is 4. The Balaban J connectivity index is 2.51. The minimum Gasteiger partial charge on any atom is -0.444 e. The second-order valence-corrected chi connectivity index (χ2v) is 6.59. The molecule has 1 aromatic heterocycles. The molecule has 1 amide bonds. The van der Waals surface area contributed by atoms with E-state index in [1.807, 2.05) is 32.2 Å². The molecule has 0 aliphatic rings. The number of nitrogens with zero attached hydrogens (tertiary/aromatic N) is 1. The lowest BCUT2D eigenvalue weighted by molar-refractivity contribution is 0.0636. The topological polar surface area (TPSA) is 51.2 Å². The molecule has 1 heterocycles. The standard InChI is InChI=1S/C14H22N2O2S/c1-10(2)7-6-8-11-9-19-12(15-11)16-13(17)18-14(3,4)5/h6,8-10H,7H2,1-5H3,(H,15,16,17)/b8-6-. The largest absolute Gasteiger partial charge is 0.444 e. The van der Waals surface area contributed by atoms with Crippen molar-refractivity contribution in [2.24, 2.45) is 5.92 Å². The molecular formula is C14H22N2O2S. The van der Waals surface area contributed by atoms with Gasteiger partial charge in [0.1, 0.15) is 5.60 Å². The van der Waals surface area contributed by atoms with Crippen molar-refractivity contribution in [1.29, 1.82) is 0 Å². The first kappa shape index (κ1) is 15.7. The van der Waals surface area contributed by atoms with E-state index < -0.39 is 11.7 Å². The Morgan fingerprint density at radius 2 is 2.21 bits per heavy atom. The number of ether oxygens (including phenoxy) is 1. The van der Waals surface area contributed by atoms with E-state index in [2.05, 4.69) is 30.2 Å². The summed E-state index contributed by atoms with van der Waals surface area (Å²) in [5, 5.41) is 5.09. The van der Waals surface area contributed by atoms with Gasteiger partial charge in [0.15, 0.2) is 5.13 Å². The highest BCUT2D eigenvalue weighted by Crippen LogP contribution is 2.18. The predicted molar refractivity (Wildman–Crippen MR) is 80.5 cm³/mol. The first-order valence-electron chi connectivity index (χ1n) is 6.38. The van der Waals surface area contributed by atoms with Gasteiger partial charge in [0, 0.05) is 5.38 Å². The summed E-state index contributed by atoms with van der Waals surface area (Å²) in [6.07, 6.45) is 4.61. The molecule has 4 nitrogen and oxygen atoms in total. The molecule has 0 saturated heterocycles. The van der Waals surface area contributed by atoms with Crippen molar-refractivity contribution in [1.82, 2.24) is 4.98 Å². The number of hydrogen-bond donors (Lipinski definition) is 1. The van der Waals surface area contributed by atoms with E-state index in [1.165, 1.54) is 11.3 Å². The second kappa shape index (κ2) is 6.70. The maximum absolute atomic E-state index is 11.6. The average molecular weight is 282 g/mol. The molecule has 0 aliphatic carbocycles. The molecule has 0 bridgehead atoms. The van der Waals surface area contributed by atoms with Crippen LogP contribution in [0.3, 0.4) is 0 Å². The van der Waals surface area contributed by atoms with Gasteiger partial charge in [-0.15, -0.1) is 11.3 Å². The molecule has 0 atom stereocenters. The van der Waals surface area contributed by atoms with E-state index in [0.717, 1.165) is 12.1 Å². The summed E-state index contributed by atoms with van der Waals surface area (Å²) in [7, 11) is 0. The smallest absolute Gasteiger partial charge is 0.413 e. The van der Waals surface area contributed by atoms with Gasteiger partial charge in [-0.3, -0.25) is 5.32 Å². The van der Waals surface area contributed by atoms with Crippen LogP contribution >= 0.6 is 11.3 Å². The van der Waals surface area contributed by atoms with Crippen molar-refractivity contribution in [3.8, 4) is 0 Å². The number of amides is 1. The van der Waals surface area contributed by atoms with Gasteiger partial charge in [-0.2, -0.15) is 0 Å². The summed E-state index contributed by atoms with van der Waals surface area (Å²) in [5.41, 5.74) is 0.359. The summed E-state index contributed by atoms with van der Waals surface area (Å²) >= 11 is 1.39. The number of carbonyl (C=O) groups is 1. The van der Waals surface area contributed by atoms with Crippen LogP contribution in [0.15, 0.2) is 11.5 Å². The van der Waals surface area contributed by atoms with Gasteiger partial charge in [-0.05, 0) is 39.2 Å². The Bertz CT molecular complexity index is 445. The van der Waals surface area contributed by atoms with Crippen molar-refractivity contribution >= 4 is 28.6 Å². The summed E-state index contributed by atoms with van der Waals surface area (Å²) in [6.45, 7) is 9.82. The van der Waals surface area contributed by atoms with Gasteiger partial charge in [0.05, 0.1) is 5.69 Å². The van der Waals surface area contributed by atoms with Crippen LogP contribution in [0.4, 0.5) is 9.93 Å². The van der Waals surface area contributed by atoms with Crippen LogP contribution in [-0.4, -0.2) is 16.7 Å². The van der Waals surface area contributed by atoms with Crippen LogP contribution in [0.1, 0.15) is 46.7 Å². The van der Waals surface area contributed by atoms with Crippen molar-refractivity contribution in [3.63, 3.8) is 0 Å². The highest BCUT2D eigenvalue weighted by molar-refractivity contribution is 7.14. The highest BCUT2D eigenvalue weighted by atomic mass is 32.1. The van der Waals surface area contributed by atoms with Crippen LogP contribution in [0.25, 0.3) is 6.08 Å². The summed E-state index contributed by atoms with van der Waals surface area (Å²) in [6, 6.07) is 0. The van der Waals surface area contributed by atoms with Crippen molar-refractivity contribution < 1.29 is 9.53 Å². The molecule has 19 heavy (non-hydrogen) atoms. The molecule has 0 fully saturated rings. The third kappa shape index (κ3) is 6.96. The normalized spacial score (nSPS) is 12.1. The summed E-state index contributed by atoms with van der Waals surface area (Å²) < 4.78 is 5.16. The monoisotopic (exact) mass is 282 g/mol. The van der Waals surface area contributed by atoms with Crippen molar-refractivity contribution in [2.75, 3.05) is 5.32 Å². The lowest BCUT2D eigenvalue weighted by atomic mass is 10.1. The lowest BCUT2D eigenvalue weighted by Gasteiger charge is -2.18. The van der Waals surface area contributed by atoms with Gasteiger partial charge in [-0.25, -0.2) is 9.78 Å². The fourth-order valence-corrected chi connectivity index (χ4v) is 1.94.